The van der Waals surface area contributed by atoms with Gasteiger partial charge < -0.3 is 5.43 Å². The van der Waals surface area contributed by atoms with E-state index in [1.165, 1.54) is 44.5 Å². The molecule has 1 unspecified atom stereocenters. The average molecular weight is 377 g/mol. The second kappa shape index (κ2) is 7.25. The van der Waals surface area contributed by atoms with E-state index in [9.17, 15) is 0 Å². The van der Waals surface area contributed by atoms with Crippen molar-refractivity contribution in [3.05, 3.63) is 112 Å². The van der Waals surface area contributed by atoms with E-state index in [-0.39, 0.29) is 6.04 Å². The van der Waals surface area contributed by atoms with E-state index in [0.29, 0.717) is 0 Å². The molecule has 0 aromatic heterocycles. The summed E-state index contributed by atoms with van der Waals surface area (Å²) in [6, 6.07) is 24.3. The van der Waals surface area contributed by atoms with Crippen LogP contribution in [0.15, 0.2) is 90.2 Å². The lowest BCUT2D eigenvalue weighted by atomic mass is 9.92. The number of hydrogen-bond acceptors (Lipinski definition) is 2. The number of anilines is 1. The van der Waals surface area contributed by atoms with E-state index in [0.717, 1.165) is 12.1 Å². The van der Waals surface area contributed by atoms with Gasteiger partial charge in [-0.1, -0.05) is 67.6 Å². The maximum atomic E-state index is 3.39. The largest absolute Gasteiger partial charge is 0.320 e. The molecule has 0 amide bonds. The number of hydrogen-bond donors (Lipinski definition) is 2. The molecule has 142 valence electrons. The number of rotatable bonds is 4. The quantitative estimate of drug-likeness (QED) is 0.503. The summed E-state index contributed by atoms with van der Waals surface area (Å²) in [5.74, 6) is 0. The second-order valence-corrected chi connectivity index (χ2v) is 7.69. The molecular formula is C27H24N2. The molecule has 1 aliphatic heterocycles. The Hall–Kier alpha value is -3.32. The number of nitrogens with one attached hydrogen (secondary N) is 2. The Kier molecular flexibility index (Phi) is 4.44. The SMILES string of the molecule is CCC1=C(c2ccc(-c3ccc(C4NNc5ccccc54)cc3)cc2C)C=C=C1. The lowest BCUT2D eigenvalue weighted by molar-refractivity contribution is 0.729. The first-order valence-corrected chi connectivity index (χ1v) is 10.2. The first kappa shape index (κ1) is 17.8. The van der Waals surface area contributed by atoms with Crippen LogP contribution in [0.25, 0.3) is 16.7 Å². The van der Waals surface area contributed by atoms with Crippen LogP contribution in [-0.4, -0.2) is 0 Å². The molecule has 0 spiro atoms. The minimum Gasteiger partial charge on any atom is -0.320 e. The standard InChI is InChI=1S/C27H24N2/c1-3-19-7-6-9-24(19)23-16-15-22(17-18(23)2)20-11-13-21(14-12-20)27-25-8-4-5-10-26(25)28-29-27/h4-5,7-17,27-29H,3H2,1-2H3. The molecule has 29 heavy (non-hydrogen) atoms. The molecule has 1 aliphatic carbocycles. The van der Waals surface area contributed by atoms with Gasteiger partial charge in [0.05, 0.1) is 11.7 Å². The first-order chi connectivity index (χ1) is 14.2. The Morgan fingerprint density at radius 2 is 1.69 bits per heavy atom. The van der Waals surface area contributed by atoms with Crippen molar-refractivity contribution in [3.63, 3.8) is 0 Å². The highest BCUT2D eigenvalue weighted by Gasteiger charge is 2.22. The molecule has 3 aromatic carbocycles. The predicted molar refractivity (Wildman–Crippen MR) is 122 cm³/mol. The second-order valence-electron chi connectivity index (χ2n) is 7.69. The van der Waals surface area contributed by atoms with Gasteiger partial charge in [-0.05, 0) is 76.1 Å². The van der Waals surface area contributed by atoms with Crippen LogP contribution in [0.5, 0.6) is 0 Å². The molecule has 0 bridgehead atoms. The number of fused-ring (bicyclic) bond motifs is 1. The summed E-state index contributed by atoms with van der Waals surface area (Å²) in [6.07, 6.45) is 5.25. The first-order valence-electron chi connectivity index (χ1n) is 10.2. The van der Waals surface area contributed by atoms with Crippen molar-refractivity contribution in [3.8, 4) is 11.1 Å². The zero-order valence-electron chi connectivity index (χ0n) is 16.8. The summed E-state index contributed by atoms with van der Waals surface area (Å²) in [5.41, 5.74) is 21.4. The maximum Gasteiger partial charge on any atom is 0.0780 e. The average Bonchev–Trinajstić information content (AvgIpc) is 3.41. The fourth-order valence-corrected chi connectivity index (χ4v) is 4.31. The molecule has 5 rings (SSSR count). The summed E-state index contributed by atoms with van der Waals surface area (Å²) in [4.78, 5) is 0. The van der Waals surface area contributed by atoms with Gasteiger partial charge in [0.15, 0.2) is 0 Å². The Bertz CT molecular complexity index is 1180. The molecule has 3 aromatic rings. The van der Waals surface area contributed by atoms with E-state index in [1.807, 2.05) is 0 Å². The topological polar surface area (TPSA) is 24.1 Å². The van der Waals surface area contributed by atoms with Gasteiger partial charge in [-0.25, -0.2) is 5.43 Å². The maximum absolute atomic E-state index is 3.39. The highest BCUT2D eigenvalue weighted by atomic mass is 15.4. The third kappa shape index (κ3) is 3.13. The summed E-state index contributed by atoms with van der Waals surface area (Å²) >= 11 is 0. The fourth-order valence-electron chi connectivity index (χ4n) is 4.31. The lowest BCUT2D eigenvalue weighted by Crippen LogP contribution is -2.19. The van der Waals surface area contributed by atoms with Gasteiger partial charge in [-0.2, -0.15) is 0 Å². The molecule has 1 atom stereocenters. The van der Waals surface area contributed by atoms with Gasteiger partial charge >= 0.3 is 0 Å². The van der Waals surface area contributed by atoms with E-state index in [2.05, 4.69) is 109 Å². The van der Waals surface area contributed by atoms with Crippen LogP contribution >= 0.6 is 0 Å². The number of para-hydroxylation sites is 1. The smallest absolute Gasteiger partial charge is 0.0780 e. The fraction of sp³-hybridized carbons (Fsp3) is 0.148. The molecule has 0 saturated carbocycles. The molecule has 2 heteroatoms. The summed E-state index contributed by atoms with van der Waals surface area (Å²) in [7, 11) is 0. The van der Waals surface area contributed by atoms with Gasteiger partial charge in [-0.15, -0.1) is 5.73 Å². The van der Waals surface area contributed by atoms with Crippen molar-refractivity contribution in [2.45, 2.75) is 26.3 Å². The Morgan fingerprint density at radius 1 is 0.897 bits per heavy atom. The summed E-state index contributed by atoms with van der Waals surface area (Å²) < 4.78 is 0. The van der Waals surface area contributed by atoms with Gasteiger partial charge in [0.1, 0.15) is 0 Å². The highest BCUT2D eigenvalue weighted by Crippen LogP contribution is 2.35. The molecule has 2 aliphatic rings. The van der Waals surface area contributed by atoms with E-state index >= 15 is 0 Å². The molecule has 0 radical (unpaired) electrons. The molecule has 2 N–H and O–H groups in total. The van der Waals surface area contributed by atoms with Gasteiger partial charge in [0.25, 0.3) is 0 Å². The van der Waals surface area contributed by atoms with Crippen molar-refractivity contribution in [2.24, 2.45) is 0 Å². The Morgan fingerprint density at radius 3 is 2.48 bits per heavy atom. The van der Waals surface area contributed by atoms with Crippen molar-refractivity contribution in [1.29, 1.82) is 0 Å². The molecular weight excluding hydrogens is 352 g/mol. The van der Waals surface area contributed by atoms with Gasteiger partial charge in [0, 0.05) is 0 Å². The van der Waals surface area contributed by atoms with Crippen molar-refractivity contribution in [2.75, 3.05) is 5.43 Å². The third-order valence-electron chi connectivity index (χ3n) is 5.93. The van der Waals surface area contributed by atoms with E-state index in [1.54, 1.807) is 0 Å². The van der Waals surface area contributed by atoms with Crippen LogP contribution in [-0.2, 0) is 0 Å². The van der Waals surface area contributed by atoms with E-state index < -0.39 is 0 Å². The van der Waals surface area contributed by atoms with Crippen LogP contribution in [0.2, 0.25) is 0 Å². The number of aryl methyl sites for hydroxylation is 1. The minimum atomic E-state index is 0.186. The molecule has 1 heterocycles. The Labute approximate surface area is 172 Å². The third-order valence-corrected chi connectivity index (χ3v) is 5.93. The van der Waals surface area contributed by atoms with E-state index in [4.69, 9.17) is 0 Å². The monoisotopic (exact) mass is 376 g/mol. The summed E-state index contributed by atoms with van der Waals surface area (Å²) in [5, 5.41) is 0. The van der Waals surface area contributed by atoms with Crippen LogP contribution < -0.4 is 10.9 Å². The predicted octanol–water partition coefficient (Wildman–Crippen LogP) is 6.57. The van der Waals surface area contributed by atoms with Crippen LogP contribution in [0.4, 0.5) is 5.69 Å². The van der Waals surface area contributed by atoms with Crippen LogP contribution in [0.1, 0.15) is 41.6 Å². The van der Waals surface area contributed by atoms with Gasteiger partial charge in [0.2, 0.25) is 0 Å². The number of allylic oxidation sites excluding steroid dienone is 3. The van der Waals surface area contributed by atoms with Crippen LogP contribution in [0.3, 0.4) is 0 Å². The lowest BCUT2D eigenvalue weighted by Gasteiger charge is -2.14. The molecule has 2 nitrogen and oxygen atoms in total. The zero-order chi connectivity index (χ0) is 19.8. The van der Waals surface area contributed by atoms with Crippen molar-refractivity contribution < 1.29 is 0 Å². The number of benzene rings is 3. The van der Waals surface area contributed by atoms with Gasteiger partial charge in [-0.3, -0.25) is 0 Å². The molecule has 0 fully saturated rings. The Balaban J connectivity index is 1.43. The normalized spacial score (nSPS) is 17.0. The van der Waals surface area contributed by atoms with Crippen molar-refractivity contribution in [1.82, 2.24) is 5.43 Å². The minimum absolute atomic E-state index is 0.186. The number of hydrazine groups is 1. The zero-order valence-corrected chi connectivity index (χ0v) is 16.8. The molecule has 0 saturated heterocycles. The van der Waals surface area contributed by atoms with Crippen LogP contribution in [0, 0.1) is 6.92 Å². The summed E-state index contributed by atoms with van der Waals surface area (Å²) in [6.45, 7) is 4.40. The van der Waals surface area contributed by atoms with Crippen molar-refractivity contribution >= 4 is 11.3 Å². The highest BCUT2D eigenvalue weighted by molar-refractivity contribution is 5.83.